The molecule has 33 heavy (non-hydrogen) atoms. The van der Waals surface area contributed by atoms with Gasteiger partial charge >= 0.3 is 51.4 Å². The van der Waals surface area contributed by atoms with Crippen LogP contribution in [0.3, 0.4) is 0 Å². The molecule has 6 heteroatoms. The first-order chi connectivity index (χ1) is 15.5. The van der Waals surface area contributed by atoms with E-state index in [1.165, 1.54) is 116 Å². The second kappa shape index (κ2) is 27.8. The maximum absolute atomic E-state index is 10.8. The van der Waals surface area contributed by atoms with Crippen LogP contribution in [-0.2, 0) is 14.6 Å². The van der Waals surface area contributed by atoms with E-state index in [9.17, 15) is 13.0 Å². The van der Waals surface area contributed by atoms with Crippen molar-refractivity contribution in [1.82, 2.24) is 0 Å². The molecule has 0 aliphatic rings. The zero-order valence-corrected chi connectivity index (χ0v) is 26.3. The molecule has 0 aliphatic heterocycles. The van der Waals surface area contributed by atoms with Crippen molar-refractivity contribution in [2.24, 2.45) is 5.92 Å². The van der Waals surface area contributed by atoms with E-state index in [0.717, 1.165) is 19.3 Å². The quantitative estimate of drug-likeness (QED) is 0.0504. The Bertz CT molecular complexity index is 508. The molecular weight excluding hydrogens is 459 g/mol. The smallest absolute Gasteiger partial charge is 0.726 e. The van der Waals surface area contributed by atoms with Crippen molar-refractivity contribution in [1.29, 1.82) is 0 Å². The van der Waals surface area contributed by atoms with Gasteiger partial charge in [-0.3, -0.25) is 4.18 Å². The van der Waals surface area contributed by atoms with Gasteiger partial charge in [-0.1, -0.05) is 142 Å². The van der Waals surface area contributed by atoms with Crippen LogP contribution < -0.4 is 51.4 Å². The largest absolute Gasteiger partial charge is 1.00 e. The van der Waals surface area contributed by atoms with Gasteiger partial charge < -0.3 is 4.55 Å². The van der Waals surface area contributed by atoms with Crippen LogP contribution in [0.25, 0.3) is 0 Å². The Balaban J connectivity index is 0. The molecule has 0 heterocycles. The fourth-order valence-corrected chi connectivity index (χ4v) is 4.50. The molecule has 0 aromatic carbocycles. The second-order valence-corrected chi connectivity index (χ2v) is 10.5. The van der Waals surface area contributed by atoms with Gasteiger partial charge in [0.2, 0.25) is 10.4 Å². The first-order valence-corrected chi connectivity index (χ1v) is 15.1. The van der Waals surface area contributed by atoms with Gasteiger partial charge in [-0.15, -0.1) is 0 Å². The monoisotopic (exact) mass is 512 g/mol. The third-order valence-electron chi connectivity index (χ3n) is 6.24. The van der Waals surface area contributed by atoms with E-state index in [0.29, 0.717) is 0 Å². The molecule has 0 fully saturated rings. The number of allylic oxidation sites excluding steroid dienone is 1. The molecule has 4 nitrogen and oxygen atoms in total. The molecule has 0 N–H and O–H groups in total. The first kappa shape index (κ1) is 36.4. The maximum atomic E-state index is 10.8. The summed E-state index contributed by atoms with van der Waals surface area (Å²) in [6, 6.07) is 0. The molecule has 0 spiro atoms. The Hall–Kier alpha value is 1.25. The van der Waals surface area contributed by atoms with Crippen LogP contribution in [0.15, 0.2) is 12.2 Å². The molecule has 0 saturated heterocycles. The summed E-state index contributed by atoms with van der Waals surface area (Å²) in [5.41, 5.74) is 0. The summed E-state index contributed by atoms with van der Waals surface area (Å²) in [5, 5.41) is 0. The summed E-state index contributed by atoms with van der Waals surface area (Å²) in [5.74, 6) is 0.0198. The Kier molecular flexibility index (Phi) is 30.7. The standard InChI is InChI=1S/C27H54O4S.K/c1-3-5-7-9-11-13-14-15-17-19-21-23-25-27(26-31-32(28,29)30)24-22-20-18-16-12-10-8-6-4-2;/h23,25,27H,3-22,24,26H2,1-2H3,(H,28,29,30);/q;+1/p-1/b25-23+;. The van der Waals surface area contributed by atoms with Gasteiger partial charge in [-0.05, 0) is 19.3 Å². The summed E-state index contributed by atoms with van der Waals surface area (Å²) in [6.45, 7) is 4.48. The summed E-state index contributed by atoms with van der Waals surface area (Å²) in [7, 11) is -4.61. The van der Waals surface area contributed by atoms with E-state index in [4.69, 9.17) is 0 Å². The molecule has 0 aliphatic carbocycles. The van der Waals surface area contributed by atoms with E-state index in [1.807, 2.05) is 0 Å². The molecule has 0 bridgehead atoms. The molecule has 0 saturated carbocycles. The van der Waals surface area contributed by atoms with E-state index in [-0.39, 0.29) is 63.9 Å². The van der Waals surface area contributed by atoms with Gasteiger partial charge in [0.15, 0.2) is 0 Å². The molecule has 0 aromatic heterocycles. The number of unbranched alkanes of at least 4 members (excludes halogenated alkanes) is 18. The minimum Gasteiger partial charge on any atom is -0.726 e. The van der Waals surface area contributed by atoms with E-state index in [1.54, 1.807) is 0 Å². The molecule has 192 valence electrons. The minimum absolute atomic E-state index is 0. The Morgan fingerprint density at radius 3 is 1.48 bits per heavy atom. The molecule has 0 amide bonds. The van der Waals surface area contributed by atoms with Crippen LogP contribution in [0.1, 0.15) is 149 Å². The van der Waals surface area contributed by atoms with Gasteiger partial charge in [-0.25, -0.2) is 8.42 Å². The average molecular weight is 513 g/mol. The molecule has 1 unspecified atom stereocenters. The number of hydrogen-bond donors (Lipinski definition) is 0. The van der Waals surface area contributed by atoms with Gasteiger partial charge in [-0.2, -0.15) is 0 Å². The van der Waals surface area contributed by atoms with Crippen molar-refractivity contribution >= 4 is 10.4 Å². The summed E-state index contributed by atoms with van der Waals surface area (Å²) in [6.07, 6.45) is 30.8. The van der Waals surface area contributed by atoms with Crippen molar-refractivity contribution in [3.8, 4) is 0 Å². The Labute approximate surface area is 249 Å². The zero-order chi connectivity index (χ0) is 23.8. The summed E-state index contributed by atoms with van der Waals surface area (Å²) < 4.78 is 37.0. The van der Waals surface area contributed by atoms with Crippen LogP contribution in [0.4, 0.5) is 0 Å². The van der Waals surface area contributed by atoms with Crippen LogP contribution in [0.2, 0.25) is 0 Å². The van der Waals surface area contributed by atoms with Crippen molar-refractivity contribution in [2.75, 3.05) is 6.61 Å². The van der Waals surface area contributed by atoms with Crippen molar-refractivity contribution in [3.05, 3.63) is 12.2 Å². The van der Waals surface area contributed by atoms with E-state index >= 15 is 0 Å². The minimum atomic E-state index is -4.61. The average Bonchev–Trinajstić information content (AvgIpc) is 2.75. The predicted octanol–water partition coefficient (Wildman–Crippen LogP) is 5.87. The second-order valence-electron chi connectivity index (χ2n) is 9.47. The van der Waals surface area contributed by atoms with Gasteiger partial charge in [0.1, 0.15) is 0 Å². The molecule has 0 rings (SSSR count). The van der Waals surface area contributed by atoms with Gasteiger partial charge in [0, 0.05) is 5.92 Å². The maximum Gasteiger partial charge on any atom is 1.00 e. The van der Waals surface area contributed by atoms with Crippen LogP contribution in [0, 0.1) is 5.92 Å². The fourth-order valence-electron chi connectivity index (χ4n) is 4.16. The fraction of sp³-hybridized carbons (Fsp3) is 0.926. The molecule has 0 aromatic rings. The van der Waals surface area contributed by atoms with Crippen molar-refractivity contribution < 1.29 is 68.5 Å². The Morgan fingerprint density at radius 1 is 0.667 bits per heavy atom. The normalized spacial score (nSPS) is 12.8. The third kappa shape index (κ3) is 31.2. The first-order valence-electron chi connectivity index (χ1n) is 13.8. The Morgan fingerprint density at radius 2 is 1.06 bits per heavy atom. The molecule has 1 atom stereocenters. The van der Waals surface area contributed by atoms with Crippen molar-refractivity contribution in [2.45, 2.75) is 149 Å². The SMILES string of the molecule is CCCCCCCCCCCC/C=C/C(CCCCCCCCCCC)COS(=O)(=O)[O-].[K+]. The summed E-state index contributed by atoms with van der Waals surface area (Å²) >= 11 is 0. The van der Waals surface area contributed by atoms with Gasteiger partial charge in [0.25, 0.3) is 0 Å². The number of rotatable bonds is 25. The molecular formula is C27H53KO4S. The zero-order valence-electron chi connectivity index (χ0n) is 22.3. The van der Waals surface area contributed by atoms with Crippen LogP contribution >= 0.6 is 0 Å². The van der Waals surface area contributed by atoms with Gasteiger partial charge in [0.05, 0.1) is 6.61 Å². The van der Waals surface area contributed by atoms with Crippen LogP contribution in [0.5, 0.6) is 0 Å². The van der Waals surface area contributed by atoms with Crippen LogP contribution in [-0.4, -0.2) is 19.6 Å². The third-order valence-corrected chi connectivity index (χ3v) is 6.66. The molecule has 0 radical (unpaired) electrons. The van der Waals surface area contributed by atoms with E-state index < -0.39 is 10.4 Å². The predicted molar refractivity (Wildman–Crippen MR) is 137 cm³/mol. The summed E-state index contributed by atoms with van der Waals surface area (Å²) in [4.78, 5) is 0. The number of hydrogen-bond acceptors (Lipinski definition) is 4. The van der Waals surface area contributed by atoms with E-state index in [2.05, 4.69) is 30.2 Å². The topological polar surface area (TPSA) is 66.4 Å². The van der Waals surface area contributed by atoms with Crippen molar-refractivity contribution in [3.63, 3.8) is 0 Å².